The lowest BCUT2D eigenvalue weighted by atomic mass is 10.0. The molecule has 0 aliphatic carbocycles. The van der Waals surface area contributed by atoms with Crippen LogP contribution in [0.15, 0.2) is 30.3 Å². The Balaban J connectivity index is 3.01. The van der Waals surface area contributed by atoms with Crippen LogP contribution in [0.3, 0.4) is 0 Å². The molecule has 198 valence electrons. The number of carbonyl (C=O) groups is 6. The smallest absolute Gasteiger partial charge is 0.326 e. The number of carboxylic acids is 2. The van der Waals surface area contributed by atoms with Crippen molar-refractivity contribution in [1.29, 1.82) is 0 Å². The maximum Gasteiger partial charge on any atom is 0.326 e. The van der Waals surface area contributed by atoms with E-state index in [0.717, 1.165) is 0 Å². The summed E-state index contributed by atoms with van der Waals surface area (Å²) in [4.78, 5) is 72.4. The minimum Gasteiger partial charge on any atom is -0.481 e. The average Bonchev–Trinajstić information content (AvgIpc) is 2.77. The van der Waals surface area contributed by atoms with Gasteiger partial charge in [-0.3, -0.25) is 24.0 Å². The van der Waals surface area contributed by atoms with E-state index in [9.17, 15) is 33.9 Å². The van der Waals surface area contributed by atoms with E-state index in [4.69, 9.17) is 16.6 Å². The molecule has 0 spiro atoms. The van der Waals surface area contributed by atoms with E-state index >= 15 is 0 Å². The van der Waals surface area contributed by atoms with Gasteiger partial charge >= 0.3 is 11.9 Å². The molecule has 0 aliphatic heterocycles. The van der Waals surface area contributed by atoms with Gasteiger partial charge in [0.2, 0.25) is 23.6 Å². The Labute approximate surface area is 208 Å². The predicted molar refractivity (Wildman–Crippen MR) is 127 cm³/mol. The molecule has 0 saturated heterocycles. The third-order valence-electron chi connectivity index (χ3n) is 5.01. The van der Waals surface area contributed by atoms with Crippen molar-refractivity contribution < 1.29 is 39.0 Å². The summed E-state index contributed by atoms with van der Waals surface area (Å²) >= 11 is 0. The molecular weight excluding hydrogens is 474 g/mol. The molecule has 0 aromatic heterocycles. The maximum atomic E-state index is 12.8. The van der Waals surface area contributed by atoms with Gasteiger partial charge in [-0.1, -0.05) is 44.2 Å². The second-order valence-electron chi connectivity index (χ2n) is 8.72. The van der Waals surface area contributed by atoms with Crippen LogP contribution < -0.4 is 27.4 Å². The van der Waals surface area contributed by atoms with Crippen molar-refractivity contribution >= 4 is 35.6 Å². The molecule has 0 radical (unpaired) electrons. The van der Waals surface area contributed by atoms with Gasteiger partial charge in [0.1, 0.15) is 18.1 Å². The Bertz CT molecular complexity index is 953. The average molecular weight is 508 g/mol. The van der Waals surface area contributed by atoms with Gasteiger partial charge in [-0.25, -0.2) is 4.79 Å². The minimum absolute atomic E-state index is 0.0548. The summed E-state index contributed by atoms with van der Waals surface area (Å²) in [6.45, 7) is 3.65. The Hall–Kier alpha value is -4.00. The quantitative estimate of drug-likeness (QED) is 0.146. The van der Waals surface area contributed by atoms with Gasteiger partial charge in [0.05, 0.1) is 18.9 Å². The molecule has 1 aromatic carbocycles. The molecule has 36 heavy (non-hydrogen) atoms. The fourth-order valence-electron chi connectivity index (χ4n) is 3.28. The van der Waals surface area contributed by atoms with E-state index in [1.54, 1.807) is 30.3 Å². The summed E-state index contributed by atoms with van der Waals surface area (Å²) in [5.41, 5.74) is 11.6. The van der Waals surface area contributed by atoms with Gasteiger partial charge in [-0.15, -0.1) is 0 Å². The van der Waals surface area contributed by atoms with E-state index < -0.39 is 72.6 Å². The van der Waals surface area contributed by atoms with Crippen LogP contribution in [0.4, 0.5) is 0 Å². The van der Waals surface area contributed by atoms with Gasteiger partial charge < -0.3 is 37.6 Å². The highest BCUT2D eigenvalue weighted by atomic mass is 16.4. The summed E-state index contributed by atoms with van der Waals surface area (Å²) in [7, 11) is 0. The summed E-state index contributed by atoms with van der Waals surface area (Å²) in [6.07, 6.45) is -1.33. The summed E-state index contributed by atoms with van der Waals surface area (Å²) in [5.74, 6) is -6.58. The molecule has 13 nitrogen and oxygen atoms in total. The zero-order valence-electron chi connectivity index (χ0n) is 20.1. The van der Waals surface area contributed by atoms with Crippen molar-refractivity contribution in [3.63, 3.8) is 0 Å². The molecule has 0 saturated carbocycles. The highest BCUT2D eigenvalue weighted by molar-refractivity contribution is 5.97. The van der Waals surface area contributed by atoms with Crippen molar-refractivity contribution in [3.8, 4) is 0 Å². The van der Waals surface area contributed by atoms with Crippen molar-refractivity contribution in [3.05, 3.63) is 35.9 Å². The van der Waals surface area contributed by atoms with Crippen LogP contribution in [-0.4, -0.2) is 69.9 Å². The summed E-state index contributed by atoms with van der Waals surface area (Å²) in [5, 5.41) is 25.3. The van der Waals surface area contributed by atoms with Gasteiger partial charge in [0, 0.05) is 6.42 Å². The number of carboxylic acid groups (broad SMARTS) is 2. The topological polar surface area (TPSA) is 231 Å². The second-order valence-corrected chi connectivity index (χ2v) is 8.72. The fraction of sp³-hybridized carbons (Fsp3) is 0.478. The number of carbonyl (C=O) groups excluding carboxylic acids is 4. The Morgan fingerprint density at radius 3 is 1.78 bits per heavy atom. The number of rotatable bonds is 15. The van der Waals surface area contributed by atoms with Crippen LogP contribution in [0.1, 0.15) is 38.7 Å². The first-order valence-corrected chi connectivity index (χ1v) is 11.2. The molecule has 4 unspecified atom stereocenters. The zero-order valence-corrected chi connectivity index (χ0v) is 20.1. The number of nitrogens with two attached hydrogens (primary N) is 2. The minimum atomic E-state index is -1.62. The van der Waals surface area contributed by atoms with E-state index in [1.165, 1.54) is 0 Å². The third-order valence-corrected chi connectivity index (χ3v) is 5.01. The third kappa shape index (κ3) is 11.0. The number of amides is 4. The van der Waals surface area contributed by atoms with Gasteiger partial charge in [-0.05, 0) is 17.9 Å². The standard InChI is InChI=1S/C23H33N5O8/c1-12(2)8-14(24)20(32)26-16(11-19(30)31)22(34)27-15(10-18(25)29)21(33)28-17(23(35)36)9-13-6-4-3-5-7-13/h3-7,12,14-17H,8-11,24H2,1-2H3,(H2,25,29)(H,26,32)(H,27,34)(H,28,33)(H,30,31)(H,35,36). The number of aliphatic carboxylic acids is 2. The number of benzene rings is 1. The summed E-state index contributed by atoms with van der Waals surface area (Å²) < 4.78 is 0. The lowest BCUT2D eigenvalue weighted by Gasteiger charge is -2.24. The molecule has 0 aliphatic rings. The lowest BCUT2D eigenvalue weighted by molar-refractivity contribution is -0.143. The lowest BCUT2D eigenvalue weighted by Crippen LogP contribution is -2.58. The first-order chi connectivity index (χ1) is 16.8. The molecule has 0 fully saturated rings. The van der Waals surface area contributed by atoms with Crippen molar-refractivity contribution in [2.75, 3.05) is 0 Å². The number of hydrogen-bond acceptors (Lipinski definition) is 7. The molecule has 13 heteroatoms. The van der Waals surface area contributed by atoms with Crippen LogP contribution in [0.25, 0.3) is 0 Å². The van der Waals surface area contributed by atoms with Crippen molar-refractivity contribution in [1.82, 2.24) is 16.0 Å². The molecule has 0 bridgehead atoms. The Kier molecular flexibility index (Phi) is 12.0. The molecule has 4 atom stereocenters. The number of hydrogen-bond donors (Lipinski definition) is 7. The van der Waals surface area contributed by atoms with Gasteiger partial charge in [-0.2, -0.15) is 0 Å². The molecule has 1 rings (SSSR count). The highest BCUT2D eigenvalue weighted by Crippen LogP contribution is 2.06. The first-order valence-electron chi connectivity index (χ1n) is 11.2. The van der Waals surface area contributed by atoms with Crippen LogP contribution >= 0.6 is 0 Å². The normalized spacial score (nSPS) is 14.1. The maximum absolute atomic E-state index is 12.8. The molecule has 9 N–H and O–H groups in total. The van der Waals surface area contributed by atoms with E-state index in [2.05, 4.69) is 16.0 Å². The van der Waals surface area contributed by atoms with Crippen molar-refractivity contribution in [2.24, 2.45) is 17.4 Å². The monoisotopic (exact) mass is 507 g/mol. The molecule has 0 heterocycles. The van der Waals surface area contributed by atoms with Crippen LogP contribution in [-0.2, 0) is 35.2 Å². The molecular formula is C23H33N5O8. The molecule has 4 amide bonds. The van der Waals surface area contributed by atoms with Crippen LogP contribution in [0.2, 0.25) is 0 Å². The van der Waals surface area contributed by atoms with Gasteiger partial charge in [0.25, 0.3) is 0 Å². The number of nitrogens with one attached hydrogen (secondary N) is 3. The van der Waals surface area contributed by atoms with E-state index in [-0.39, 0.29) is 18.8 Å². The van der Waals surface area contributed by atoms with Crippen LogP contribution in [0.5, 0.6) is 0 Å². The fourth-order valence-corrected chi connectivity index (χ4v) is 3.28. The van der Waals surface area contributed by atoms with E-state index in [1.807, 2.05) is 13.8 Å². The predicted octanol–water partition coefficient (Wildman–Crippen LogP) is -1.51. The largest absolute Gasteiger partial charge is 0.481 e. The van der Waals surface area contributed by atoms with Gasteiger partial charge in [0.15, 0.2) is 0 Å². The number of primary amides is 1. The SMILES string of the molecule is CC(C)CC(N)C(=O)NC(CC(=O)O)C(=O)NC(CC(N)=O)C(=O)NC(Cc1ccccc1)C(=O)O. The van der Waals surface area contributed by atoms with Crippen molar-refractivity contribution in [2.45, 2.75) is 63.7 Å². The highest BCUT2D eigenvalue weighted by Gasteiger charge is 2.32. The zero-order chi connectivity index (χ0) is 27.4. The van der Waals surface area contributed by atoms with E-state index in [0.29, 0.717) is 5.56 Å². The molecule has 1 aromatic rings. The second kappa shape index (κ2) is 14.4. The first kappa shape index (κ1) is 30.0. The Morgan fingerprint density at radius 1 is 0.806 bits per heavy atom. The Morgan fingerprint density at radius 2 is 1.31 bits per heavy atom. The summed E-state index contributed by atoms with van der Waals surface area (Å²) in [6, 6.07) is 2.80. The van der Waals surface area contributed by atoms with Crippen LogP contribution in [0, 0.1) is 5.92 Å².